The first-order valence-electron chi connectivity index (χ1n) is 15.0. The molecular weight excluding hydrogens is 630 g/mol. The zero-order valence-corrected chi connectivity index (χ0v) is 25.5. The van der Waals surface area contributed by atoms with E-state index >= 15 is 0 Å². The van der Waals surface area contributed by atoms with Crippen molar-refractivity contribution in [3.63, 3.8) is 0 Å². The number of nitrogens with one attached hydrogen (secondary N) is 3. The molecule has 16 nitrogen and oxygen atoms in total. The number of likely N-dealkylation sites (tertiary alicyclic amines) is 1. The fraction of sp³-hybridized carbons (Fsp3) is 0.344. The number of nitrogens with zero attached hydrogens (tertiary/aromatic N) is 1. The van der Waals surface area contributed by atoms with Gasteiger partial charge in [0, 0.05) is 36.1 Å². The number of carbonyl (C=O) groups excluding carboxylic acids is 7. The minimum atomic E-state index is -1.44. The van der Waals surface area contributed by atoms with E-state index in [-0.39, 0.29) is 48.9 Å². The summed E-state index contributed by atoms with van der Waals surface area (Å²) in [4.78, 5) is 112. The lowest BCUT2D eigenvalue weighted by Crippen LogP contribution is -2.56. The van der Waals surface area contributed by atoms with Crippen LogP contribution in [-0.4, -0.2) is 99.4 Å². The third-order valence-corrected chi connectivity index (χ3v) is 8.02. The molecule has 0 saturated carbocycles. The largest absolute Gasteiger partial charge is 0.481 e. The van der Waals surface area contributed by atoms with Crippen molar-refractivity contribution < 1.29 is 53.4 Å². The van der Waals surface area contributed by atoms with Gasteiger partial charge in [-0.15, -0.1) is 0 Å². The molecule has 1 heterocycles. The van der Waals surface area contributed by atoms with Crippen molar-refractivity contribution in [2.75, 3.05) is 13.1 Å². The first-order valence-corrected chi connectivity index (χ1v) is 15.0. The van der Waals surface area contributed by atoms with E-state index in [0.717, 1.165) is 4.90 Å². The summed E-state index contributed by atoms with van der Waals surface area (Å²) in [5.74, 6) is -7.91. The van der Waals surface area contributed by atoms with Crippen molar-refractivity contribution in [3.8, 4) is 11.1 Å². The highest BCUT2D eigenvalue weighted by Crippen LogP contribution is 2.34. The predicted octanol–water partition coefficient (Wildman–Crippen LogP) is -0.362. The molecule has 2 aromatic carbocycles. The maximum Gasteiger partial charge on any atom is 0.326 e. The van der Waals surface area contributed by atoms with Crippen LogP contribution in [0.2, 0.25) is 0 Å². The highest BCUT2D eigenvalue weighted by molar-refractivity contribution is 6.53. The van der Waals surface area contributed by atoms with Gasteiger partial charge in [-0.1, -0.05) is 24.3 Å². The van der Waals surface area contributed by atoms with Crippen molar-refractivity contribution in [1.82, 2.24) is 20.9 Å². The molecule has 2 aromatic rings. The van der Waals surface area contributed by atoms with E-state index in [4.69, 9.17) is 5.73 Å². The van der Waals surface area contributed by atoms with Gasteiger partial charge in [0.2, 0.25) is 35.2 Å². The van der Waals surface area contributed by atoms with Crippen LogP contribution < -0.4 is 21.7 Å². The van der Waals surface area contributed by atoms with Crippen LogP contribution in [0.5, 0.6) is 0 Å². The van der Waals surface area contributed by atoms with Crippen LogP contribution in [0.15, 0.2) is 42.5 Å². The average Bonchev–Trinajstić information content (AvgIpc) is 3.55. The van der Waals surface area contributed by atoms with Crippen molar-refractivity contribution in [2.24, 2.45) is 5.73 Å². The van der Waals surface area contributed by atoms with Gasteiger partial charge in [-0.05, 0) is 55.0 Å². The van der Waals surface area contributed by atoms with E-state index in [1.165, 1.54) is 24.3 Å². The molecule has 4 rings (SSSR count). The molecule has 1 fully saturated rings. The Kier molecular flexibility index (Phi) is 11.0. The molecule has 7 N–H and O–H groups in total. The van der Waals surface area contributed by atoms with Gasteiger partial charge < -0.3 is 36.8 Å². The number of carboxylic acid groups (broad SMARTS) is 2. The Bertz CT molecular complexity index is 1700. The lowest BCUT2D eigenvalue weighted by molar-refractivity contribution is -0.145. The minimum Gasteiger partial charge on any atom is -0.481 e. The fourth-order valence-electron chi connectivity index (χ4n) is 5.62. The summed E-state index contributed by atoms with van der Waals surface area (Å²) in [6.07, 6.45) is -0.891. The third-order valence-electron chi connectivity index (χ3n) is 8.02. The maximum absolute atomic E-state index is 13.5. The highest BCUT2D eigenvalue weighted by Gasteiger charge is 2.39. The molecule has 2 aliphatic rings. The van der Waals surface area contributed by atoms with Gasteiger partial charge in [-0.25, -0.2) is 4.79 Å². The summed E-state index contributed by atoms with van der Waals surface area (Å²) < 4.78 is 0. The number of hydrogen-bond acceptors (Lipinski definition) is 9. The number of carboxylic acids is 2. The van der Waals surface area contributed by atoms with E-state index in [9.17, 15) is 53.4 Å². The predicted molar refractivity (Wildman–Crippen MR) is 164 cm³/mol. The van der Waals surface area contributed by atoms with Gasteiger partial charge in [0.05, 0.1) is 6.54 Å². The van der Waals surface area contributed by atoms with E-state index in [2.05, 4.69) is 16.0 Å². The Morgan fingerprint density at radius 1 is 0.833 bits per heavy atom. The van der Waals surface area contributed by atoms with Gasteiger partial charge in [0.1, 0.15) is 18.1 Å². The van der Waals surface area contributed by atoms with Crippen LogP contribution in [0.4, 0.5) is 0 Å². The van der Waals surface area contributed by atoms with Crippen molar-refractivity contribution >= 4 is 53.0 Å². The number of aliphatic carboxylic acids is 2. The molecule has 0 bridgehead atoms. The number of Topliss-reactive ketones (excluding diaryl/α,β-unsaturated/α-hetero) is 2. The number of primary amides is 1. The number of ketones is 2. The monoisotopic (exact) mass is 663 g/mol. The third kappa shape index (κ3) is 8.07. The smallest absolute Gasteiger partial charge is 0.326 e. The van der Waals surface area contributed by atoms with Crippen LogP contribution >= 0.6 is 0 Å². The average molecular weight is 664 g/mol. The molecule has 1 aliphatic heterocycles. The molecule has 0 aromatic heterocycles. The van der Waals surface area contributed by atoms with Crippen molar-refractivity contribution in [2.45, 2.75) is 56.7 Å². The Morgan fingerprint density at radius 3 is 2.12 bits per heavy atom. The highest BCUT2D eigenvalue weighted by atomic mass is 16.4. The molecule has 252 valence electrons. The van der Waals surface area contributed by atoms with Crippen molar-refractivity contribution in [3.05, 3.63) is 59.2 Å². The Hall–Kier alpha value is -5.93. The summed E-state index contributed by atoms with van der Waals surface area (Å²) in [5, 5.41) is 25.8. The Morgan fingerprint density at radius 2 is 1.48 bits per heavy atom. The van der Waals surface area contributed by atoms with Crippen LogP contribution in [0.1, 0.15) is 69.6 Å². The van der Waals surface area contributed by atoms with Gasteiger partial charge in [-0.2, -0.15) is 0 Å². The van der Waals surface area contributed by atoms with Crippen LogP contribution in [-0.2, 0) is 28.8 Å². The molecule has 1 aliphatic carbocycles. The molecule has 5 amide bonds. The number of hydrogen-bond donors (Lipinski definition) is 6. The van der Waals surface area contributed by atoms with Gasteiger partial charge in [0.15, 0.2) is 0 Å². The second-order valence-corrected chi connectivity index (χ2v) is 11.3. The quantitative estimate of drug-likeness (QED) is 0.142. The van der Waals surface area contributed by atoms with E-state index < -0.39 is 84.1 Å². The Balaban J connectivity index is 1.42. The zero-order chi connectivity index (χ0) is 35.1. The first kappa shape index (κ1) is 34.9. The molecule has 0 spiro atoms. The molecular formula is C32H33N5O11. The lowest BCUT2D eigenvalue weighted by atomic mass is 9.83. The number of amides is 5. The number of carbonyl (C=O) groups is 9. The van der Waals surface area contributed by atoms with Gasteiger partial charge >= 0.3 is 11.9 Å². The number of nitrogens with two attached hydrogens (primary N) is 1. The van der Waals surface area contributed by atoms with Crippen molar-refractivity contribution in [1.29, 1.82) is 0 Å². The van der Waals surface area contributed by atoms with E-state index in [1.807, 2.05) is 0 Å². The number of fused-ring (bicyclic) bond motifs is 3. The standard InChI is InChI=1S/C32H33N5O11/c33-24(38)11-9-22(32(47)48)36-30(45)23-6-3-13-37(23)31(46)21(10-12-26(40)41)35-25(39)15-34-29(44)16-7-8-19-20(14-16)17-4-1-2-5-18(17)27(42)28(19)43/h1-2,4-5,7-8,14,21-23H,3,6,9-13,15H2,(H2,33,38)(H,34,44)(H,35,39)(H,36,45)(H,40,41)(H,47,48)/t21-,22-,23-/m0/s1. The second-order valence-electron chi connectivity index (χ2n) is 11.3. The van der Waals surface area contributed by atoms with Gasteiger partial charge in [-0.3, -0.25) is 38.4 Å². The molecule has 16 heteroatoms. The van der Waals surface area contributed by atoms with Crippen LogP contribution in [0.25, 0.3) is 11.1 Å². The summed E-state index contributed by atoms with van der Waals surface area (Å²) in [7, 11) is 0. The molecule has 0 radical (unpaired) electrons. The summed E-state index contributed by atoms with van der Waals surface area (Å²) in [6, 6.07) is 6.58. The normalized spacial score (nSPS) is 16.2. The Labute approximate surface area is 273 Å². The SMILES string of the molecule is NC(=O)CC[C@H](NC(=O)[C@@H]1CCCN1C(=O)[C@H](CCC(=O)O)NC(=O)CNC(=O)c1ccc2c(c1)-c1ccccc1C(=O)C2=O)C(=O)O. The molecule has 0 unspecified atom stereocenters. The van der Waals surface area contributed by atoms with Gasteiger partial charge in [0.25, 0.3) is 5.91 Å². The summed E-state index contributed by atoms with van der Waals surface area (Å²) >= 11 is 0. The summed E-state index contributed by atoms with van der Waals surface area (Å²) in [5.41, 5.74) is 6.34. The van der Waals surface area contributed by atoms with E-state index in [1.54, 1.807) is 18.2 Å². The summed E-state index contributed by atoms with van der Waals surface area (Å²) in [6.45, 7) is -0.549. The molecule has 1 saturated heterocycles. The molecule has 48 heavy (non-hydrogen) atoms. The molecule has 3 atom stereocenters. The topological polar surface area (TPSA) is 259 Å². The minimum absolute atomic E-state index is 0.0711. The van der Waals surface area contributed by atoms with E-state index in [0.29, 0.717) is 17.5 Å². The maximum atomic E-state index is 13.5. The van der Waals surface area contributed by atoms with Crippen LogP contribution in [0, 0.1) is 0 Å². The second kappa shape index (κ2) is 15.1. The number of benzene rings is 2. The first-order chi connectivity index (χ1) is 22.8. The zero-order valence-electron chi connectivity index (χ0n) is 25.5. The fourth-order valence-corrected chi connectivity index (χ4v) is 5.62. The lowest BCUT2D eigenvalue weighted by Gasteiger charge is -2.29. The van der Waals surface area contributed by atoms with Crippen LogP contribution in [0.3, 0.4) is 0 Å². The number of rotatable bonds is 14.